The molecular formula is C2H2INOS2. The van der Waals surface area contributed by atoms with Gasteiger partial charge in [-0.15, -0.1) is 0 Å². The van der Waals surface area contributed by atoms with Crippen molar-refractivity contribution in [2.24, 2.45) is 4.99 Å². The van der Waals surface area contributed by atoms with Gasteiger partial charge in [0.05, 0.1) is 5.16 Å². The van der Waals surface area contributed by atoms with Gasteiger partial charge >= 0.3 is 0 Å². The summed E-state index contributed by atoms with van der Waals surface area (Å²) < 4.78 is 10.1. The summed E-state index contributed by atoms with van der Waals surface area (Å²) in [6, 6.07) is 0. The SMILES string of the molecule is O=S(I)CN=C=S. The second-order valence-corrected chi connectivity index (χ2v) is 4.64. The zero-order valence-corrected chi connectivity index (χ0v) is 7.05. The maximum atomic E-state index is 10.1. The Morgan fingerprint density at radius 2 is 2.57 bits per heavy atom. The van der Waals surface area contributed by atoms with E-state index in [1.165, 1.54) is 0 Å². The minimum Gasteiger partial charge on any atom is -0.247 e. The predicted molar refractivity (Wildman–Crippen MR) is 42.1 cm³/mol. The van der Waals surface area contributed by atoms with Crippen LogP contribution in [0.5, 0.6) is 0 Å². The molecule has 0 aliphatic rings. The number of halogens is 1. The van der Waals surface area contributed by atoms with Crippen molar-refractivity contribution in [3.05, 3.63) is 0 Å². The highest BCUT2D eigenvalue weighted by Crippen LogP contribution is 1.91. The molecule has 40 valence electrons. The normalized spacial score (nSPS) is 12.1. The van der Waals surface area contributed by atoms with Crippen LogP contribution in [0.3, 0.4) is 0 Å². The largest absolute Gasteiger partial charge is 0.247 e. The molecule has 0 bridgehead atoms. The fourth-order valence-corrected chi connectivity index (χ4v) is 0.807. The van der Waals surface area contributed by atoms with E-state index in [0.29, 0.717) is 0 Å². The summed E-state index contributed by atoms with van der Waals surface area (Å²) in [5.41, 5.74) is 0. The van der Waals surface area contributed by atoms with E-state index in [4.69, 9.17) is 0 Å². The smallest absolute Gasteiger partial charge is 0.134 e. The van der Waals surface area contributed by atoms with Gasteiger partial charge in [-0.05, 0) is 12.2 Å². The molecule has 2 nitrogen and oxygen atoms in total. The fraction of sp³-hybridized carbons (Fsp3) is 0.500. The van der Waals surface area contributed by atoms with Crippen molar-refractivity contribution in [1.82, 2.24) is 0 Å². The molecule has 0 saturated heterocycles. The highest BCUT2D eigenvalue weighted by molar-refractivity contribution is 14.2. The number of hydrogen-bond donors (Lipinski definition) is 0. The molecule has 0 aromatic rings. The van der Waals surface area contributed by atoms with E-state index < -0.39 is 7.97 Å². The lowest BCUT2D eigenvalue weighted by atomic mass is 11.4. The molecule has 7 heavy (non-hydrogen) atoms. The number of hydrogen-bond acceptors (Lipinski definition) is 3. The Morgan fingerprint density at radius 3 is 2.71 bits per heavy atom. The van der Waals surface area contributed by atoms with Crippen LogP contribution in [0.4, 0.5) is 0 Å². The Balaban J connectivity index is 3.32. The molecule has 0 aromatic carbocycles. The van der Waals surface area contributed by atoms with Gasteiger partial charge in [0.25, 0.3) is 0 Å². The molecule has 1 atom stereocenters. The van der Waals surface area contributed by atoms with Gasteiger partial charge in [-0.25, -0.2) is 9.20 Å². The van der Waals surface area contributed by atoms with E-state index in [0.717, 1.165) is 0 Å². The van der Waals surface area contributed by atoms with E-state index in [2.05, 4.69) is 22.4 Å². The minimum atomic E-state index is -0.891. The molecule has 0 N–H and O–H groups in total. The van der Waals surface area contributed by atoms with E-state index in [1.54, 1.807) is 21.2 Å². The Labute approximate surface area is 61.4 Å². The van der Waals surface area contributed by atoms with Crippen LogP contribution in [-0.2, 0) is 7.97 Å². The van der Waals surface area contributed by atoms with Crippen LogP contribution in [0.15, 0.2) is 4.99 Å². The molecule has 0 aromatic heterocycles. The van der Waals surface area contributed by atoms with Crippen LogP contribution in [-0.4, -0.2) is 15.2 Å². The maximum Gasteiger partial charge on any atom is 0.134 e. The first-order valence-corrected chi connectivity index (χ1v) is 5.62. The highest BCUT2D eigenvalue weighted by Gasteiger charge is 1.82. The molecular weight excluding hydrogens is 245 g/mol. The standard InChI is InChI=1S/C2H2INOS2/c3-7(5)2-4-1-6/h2H2. The molecule has 0 heterocycles. The number of isothiocyanates is 1. The van der Waals surface area contributed by atoms with Crippen molar-refractivity contribution < 1.29 is 4.21 Å². The van der Waals surface area contributed by atoms with Gasteiger partial charge in [0.1, 0.15) is 13.8 Å². The van der Waals surface area contributed by atoms with Crippen LogP contribution in [0.1, 0.15) is 0 Å². The summed E-state index contributed by atoms with van der Waals surface area (Å²) in [5.74, 6) is 0.268. The Morgan fingerprint density at radius 1 is 2.00 bits per heavy atom. The molecule has 0 aliphatic heterocycles. The maximum absolute atomic E-state index is 10.1. The summed E-state index contributed by atoms with van der Waals surface area (Å²) in [6.45, 7) is 0. The number of rotatable bonds is 2. The van der Waals surface area contributed by atoms with Gasteiger partial charge in [-0.3, -0.25) is 0 Å². The molecule has 0 aliphatic carbocycles. The summed E-state index contributed by atoms with van der Waals surface area (Å²) >= 11 is 5.97. The van der Waals surface area contributed by atoms with Crippen molar-refractivity contribution in [1.29, 1.82) is 0 Å². The Hall–Kier alpha value is 0.680. The van der Waals surface area contributed by atoms with Crippen molar-refractivity contribution >= 4 is 46.6 Å². The second kappa shape index (κ2) is 4.83. The molecule has 0 amide bonds. The summed E-state index contributed by atoms with van der Waals surface area (Å²) in [5, 5.41) is 2.11. The van der Waals surface area contributed by atoms with Crippen molar-refractivity contribution in [2.75, 3.05) is 5.88 Å². The van der Waals surface area contributed by atoms with Crippen molar-refractivity contribution in [3.8, 4) is 0 Å². The first kappa shape index (κ1) is 7.68. The average Bonchev–Trinajstić information content (AvgIpc) is 1.61. The first-order chi connectivity index (χ1) is 3.27. The minimum absolute atomic E-state index is 0.268. The summed E-state index contributed by atoms with van der Waals surface area (Å²) in [7, 11) is -0.891. The number of aliphatic imine (C=N–C) groups is 1. The van der Waals surface area contributed by atoms with Crippen LogP contribution in [0.2, 0.25) is 0 Å². The molecule has 0 radical (unpaired) electrons. The summed E-state index contributed by atoms with van der Waals surface area (Å²) in [6.07, 6.45) is 0. The lowest BCUT2D eigenvalue weighted by molar-refractivity contribution is 0.693. The van der Waals surface area contributed by atoms with E-state index in [-0.39, 0.29) is 5.88 Å². The van der Waals surface area contributed by atoms with Gasteiger partial charge in [0, 0.05) is 21.2 Å². The van der Waals surface area contributed by atoms with Gasteiger partial charge in [0.15, 0.2) is 0 Å². The number of thiocarbonyl (C=S) groups is 1. The molecule has 0 saturated carbocycles. The number of nitrogens with zero attached hydrogens (tertiary/aromatic N) is 1. The lowest BCUT2D eigenvalue weighted by Gasteiger charge is -1.74. The molecule has 5 heteroatoms. The molecule has 0 spiro atoms. The van der Waals surface area contributed by atoms with E-state index in [9.17, 15) is 4.21 Å². The molecule has 0 fully saturated rings. The van der Waals surface area contributed by atoms with Gasteiger partial charge in [-0.1, -0.05) is 0 Å². The van der Waals surface area contributed by atoms with Crippen LogP contribution in [0.25, 0.3) is 0 Å². The average molecular weight is 247 g/mol. The van der Waals surface area contributed by atoms with E-state index in [1.807, 2.05) is 0 Å². The van der Waals surface area contributed by atoms with Gasteiger partial charge in [-0.2, -0.15) is 0 Å². The quantitative estimate of drug-likeness (QED) is 0.317. The molecule has 0 rings (SSSR count). The van der Waals surface area contributed by atoms with Crippen LogP contribution in [0, 0.1) is 0 Å². The predicted octanol–water partition coefficient (Wildman–Crippen LogP) is 1.15. The third-order valence-electron chi connectivity index (χ3n) is 0.231. The third kappa shape index (κ3) is 6.68. The van der Waals surface area contributed by atoms with Gasteiger partial charge < -0.3 is 0 Å². The van der Waals surface area contributed by atoms with Crippen LogP contribution < -0.4 is 0 Å². The first-order valence-electron chi connectivity index (χ1n) is 1.35. The lowest BCUT2D eigenvalue weighted by Crippen LogP contribution is -1.78. The highest BCUT2D eigenvalue weighted by atomic mass is 127. The molecule has 1 unspecified atom stereocenters. The Kier molecular flexibility index (Phi) is 5.30. The zero-order valence-electron chi connectivity index (χ0n) is 3.26. The topological polar surface area (TPSA) is 29.4 Å². The fourth-order valence-electron chi connectivity index (χ4n) is 0.0771. The van der Waals surface area contributed by atoms with Crippen molar-refractivity contribution in [3.63, 3.8) is 0 Å². The van der Waals surface area contributed by atoms with E-state index >= 15 is 0 Å². The zero-order chi connectivity index (χ0) is 5.70. The van der Waals surface area contributed by atoms with Crippen LogP contribution >= 0.6 is 33.4 Å². The third-order valence-corrected chi connectivity index (χ3v) is 1.53. The summed E-state index contributed by atoms with van der Waals surface area (Å²) in [4.78, 5) is 3.43. The Bertz CT molecular complexity index is 119. The van der Waals surface area contributed by atoms with Crippen molar-refractivity contribution in [2.45, 2.75) is 0 Å². The second-order valence-electron chi connectivity index (χ2n) is 0.668. The van der Waals surface area contributed by atoms with Gasteiger partial charge in [0.2, 0.25) is 0 Å². The monoisotopic (exact) mass is 247 g/mol.